The molecule has 0 atom stereocenters. The van der Waals surface area contributed by atoms with Crippen molar-refractivity contribution in [2.45, 2.75) is 32.9 Å². The molecule has 5 nitrogen and oxygen atoms in total. The molecule has 0 aliphatic carbocycles. The quantitative estimate of drug-likeness (QED) is 0.602. The van der Waals surface area contributed by atoms with Crippen molar-refractivity contribution in [3.8, 4) is 0 Å². The number of hydrogen-bond acceptors (Lipinski definition) is 3. The minimum atomic E-state index is 0.588. The standard InChI is InChI=1S/C20H26ClN5/c1-2-22-20(25-15-17-7-3-4-8-18(17)21)24-14-16-9-10-19(23-13-16)26-11-5-6-12-26/h3-4,7-10,13H,2,5-6,11-12,14-15H2,1H3,(H2,22,24,25). The van der Waals surface area contributed by atoms with Gasteiger partial charge >= 0.3 is 0 Å². The first-order chi connectivity index (χ1) is 12.8. The fourth-order valence-corrected chi connectivity index (χ4v) is 3.18. The second-order valence-corrected chi connectivity index (χ2v) is 6.77. The second-order valence-electron chi connectivity index (χ2n) is 6.36. The Labute approximate surface area is 160 Å². The van der Waals surface area contributed by atoms with Gasteiger partial charge < -0.3 is 15.5 Å². The molecule has 0 amide bonds. The summed E-state index contributed by atoms with van der Waals surface area (Å²) in [5, 5.41) is 7.36. The van der Waals surface area contributed by atoms with Gasteiger partial charge in [0, 0.05) is 37.4 Å². The van der Waals surface area contributed by atoms with E-state index in [1.165, 1.54) is 12.8 Å². The molecule has 1 aliphatic rings. The highest BCUT2D eigenvalue weighted by atomic mass is 35.5. The molecular weight excluding hydrogens is 346 g/mol. The molecule has 1 saturated heterocycles. The molecular formula is C20H26ClN5. The Morgan fingerprint density at radius 1 is 1.15 bits per heavy atom. The second kappa shape index (κ2) is 9.43. The molecule has 0 saturated carbocycles. The SMILES string of the molecule is CCNC(=NCc1ccc(N2CCCC2)nc1)NCc1ccccc1Cl. The first kappa shape index (κ1) is 18.5. The van der Waals surface area contributed by atoms with Crippen LogP contribution in [0.4, 0.5) is 5.82 Å². The molecule has 138 valence electrons. The molecule has 1 aromatic carbocycles. The van der Waals surface area contributed by atoms with Crippen molar-refractivity contribution in [2.24, 2.45) is 4.99 Å². The molecule has 0 radical (unpaired) electrons. The summed E-state index contributed by atoms with van der Waals surface area (Å²) in [7, 11) is 0. The number of rotatable bonds is 6. The van der Waals surface area contributed by atoms with E-state index in [9.17, 15) is 0 Å². The average Bonchev–Trinajstić information content (AvgIpc) is 3.20. The topological polar surface area (TPSA) is 52.6 Å². The number of pyridine rings is 1. The Morgan fingerprint density at radius 3 is 2.65 bits per heavy atom. The molecule has 1 aromatic heterocycles. The summed E-state index contributed by atoms with van der Waals surface area (Å²) in [4.78, 5) is 11.6. The van der Waals surface area contributed by atoms with Crippen LogP contribution in [0.5, 0.6) is 0 Å². The number of nitrogens with zero attached hydrogens (tertiary/aromatic N) is 3. The summed E-state index contributed by atoms with van der Waals surface area (Å²) in [6, 6.07) is 12.0. The highest BCUT2D eigenvalue weighted by molar-refractivity contribution is 6.31. The summed E-state index contributed by atoms with van der Waals surface area (Å²) in [6.07, 6.45) is 4.45. The van der Waals surface area contributed by atoms with E-state index in [-0.39, 0.29) is 0 Å². The Morgan fingerprint density at radius 2 is 1.96 bits per heavy atom. The van der Waals surface area contributed by atoms with Crippen LogP contribution in [-0.2, 0) is 13.1 Å². The highest BCUT2D eigenvalue weighted by Crippen LogP contribution is 2.18. The van der Waals surface area contributed by atoms with Gasteiger partial charge in [-0.15, -0.1) is 0 Å². The van der Waals surface area contributed by atoms with Crippen LogP contribution in [0.3, 0.4) is 0 Å². The zero-order valence-corrected chi connectivity index (χ0v) is 16.0. The molecule has 0 spiro atoms. The molecule has 0 bridgehead atoms. The van der Waals surface area contributed by atoms with E-state index in [2.05, 4.69) is 44.6 Å². The van der Waals surface area contributed by atoms with E-state index >= 15 is 0 Å². The maximum Gasteiger partial charge on any atom is 0.191 e. The molecule has 3 rings (SSSR count). The Balaban J connectivity index is 1.58. The Kier molecular flexibility index (Phi) is 6.72. The smallest absolute Gasteiger partial charge is 0.191 e. The van der Waals surface area contributed by atoms with Crippen molar-refractivity contribution >= 4 is 23.4 Å². The fraction of sp³-hybridized carbons (Fsp3) is 0.400. The van der Waals surface area contributed by atoms with Gasteiger partial charge in [-0.25, -0.2) is 9.98 Å². The van der Waals surface area contributed by atoms with Crippen molar-refractivity contribution in [3.63, 3.8) is 0 Å². The number of halogens is 1. The van der Waals surface area contributed by atoms with Gasteiger partial charge in [0.05, 0.1) is 6.54 Å². The minimum Gasteiger partial charge on any atom is -0.357 e. The summed E-state index contributed by atoms with van der Waals surface area (Å²) in [6.45, 7) is 6.31. The van der Waals surface area contributed by atoms with E-state index in [4.69, 9.17) is 11.6 Å². The van der Waals surface area contributed by atoms with Gasteiger partial charge in [-0.3, -0.25) is 0 Å². The third-order valence-corrected chi connectivity index (χ3v) is 4.78. The maximum absolute atomic E-state index is 6.21. The number of benzene rings is 1. The van der Waals surface area contributed by atoms with E-state index in [1.807, 2.05) is 30.5 Å². The van der Waals surface area contributed by atoms with Crippen molar-refractivity contribution in [2.75, 3.05) is 24.5 Å². The van der Waals surface area contributed by atoms with E-state index in [1.54, 1.807) is 0 Å². The van der Waals surface area contributed by atoms with Crippen LogP contribution < -0.4 is 15.5 Å². The molecule has 2 heterocycles. The molecule has 2 aromatic rings. The molecule has 1 fully saturated rings. The Bertz CT molecular complexity index is 723. The van der Waals surface area contributed by atoms with Gasteiger partial charge in [0.15, 0.2) is 5.96 Å². The first-order valence-electron chi connectivity index (χ1n) is 9.21. The summed E-state index contributed by atoms with van der Waals surface area (Å²) in [5.41, 5.74) is 2.15. The third kappa shape index (κ3) is 5.11. The fourth-order valence-electron chi connectivity index (χ4n) is 2.98. The number of nitrogens with one attached hydrogen (secondary N) is 2. The van der Waals surface area contributed by atoms with Gasteiger partial charge in [0.25, 0.3) is 0 Å². The van der Waals surface area contributed by atoms with Gasteiger partial charge in [-0.05, 0) is 43.0 Å². The van der Waals surface area contributed by atoms with E-state index in [0.29, 0.717) is 13.1 Å². The molecule has 26 heavy (non-hydrogen) atoms. The van der Waals surface area contributed by atoms with Crippen LogP contribution >= 0.6 is 11.6 Å². The summed E-state index contributed by atoms with van der Waals surface area (Å²) in [5.74, 6) is 1.84. The molecule has 2 N–H and O–H groups in total. The van der Waals surface area contributed by atoms with Crippen LogP contribution in [0.25, 0.3) is 0 Å². The van der Waals surface area contributed by atoms with Gasteiger partial charge in [-0.1, -0.05) is 35.9 Å². The van der Waals surface area contributed by atoms with Crippen LogP contribution in [0.2, 0.25) is 5.02 Å². The summed E-state index contributed by atoms with van der Waals surface area (Å²) >= 11 is 6.21. The lowest BCUT2D eigenvalue weighted by Crippen LogP contribution is -2.36. The minimum absolute atomic E-state index is 0.588. The lowest BCUT2D eigenvalue weighted by Gasteiger charge is -2.16. The lowest BCUT2D eigenvalue weighted by atomic mass is 10.2. The van der Waals surface area contributed by atoms with Crippen molar-refractivity contribution < 1.29 is 0 Å². The normalized spacial score (nSPS) is 14.5. The van der Waals surface area contributed by atoms with E-state index in [0.717, 1.165) is 47.6 Å². The summed E-state index contributed by atoms with van der Waals surface area (Å²) < 4.78 is 0. The zero-order chi connectivity index (χ0) is 18.2. The number of guanidine groups is 1. The molecule has 1 aliphatic heterocycles. The first-order valence-corrected chi connectivity index (χ1v) is 9.59. The monoisotopic (exact) mass is 371 g/mol. The number of aliphatic imine (C=N–C) groups is 1. The lowest BCUT2D eigenvalue weighted by molar-refractivity contribution is 0.815. The molecule has 0 unspecified atom stereocenters. The molecule has 6 heteroatoms. The number of anilines is 1. The highest BCUT2D eigenvalue weighted by Gasteiger charge is 2.12. The zero-order valence-electron chi connectivity index (χ0n) is 15.2. The van der Waals surface area contributed by atoms with Crippen molar-refractivity contribution in [1.29, 1.82) is 0 Å². The number of hydrogen-bond donors (Lipinski definition) is 2. The predicted octanol–water partition coefficient (Wildman–Crippen LogP) is 3.59. The van der Waals surface area contributed by atoms with Crippen molar-refractivity contribution in [1.82, 2.24) is 15.6 Å². The van der Waals surface area contributed by atoms with Gasteiger partial charge in [-0.2, -0.15) is 0 Å². The average molecular weight is 372 g/mol. The van der Waals surface area contributed by atoms with Crippen LogP contribution in [0, 0.1) is 0 Å². The predicted molar refractivity (Wildman–Crippen MR) is 109 cm³/mol. The van der Waals surface area contributed by atoms with Crippen LogP contribution in [0.15, 0.2) is 47.6 Å². The van der Waals surface area contributed by atoms with Crippen molar-refractivity contribution in [3.05, 3.63) is 58.7 Å². The van der Waals surface area contributed by atoms with Crippen LogP contribution in [0.1, 0.15) is 30.9 Å². The van der Waals surface area contributed by atoms with E-state index < -0.39 is 0 Å². The van der Waals surface area contributed by atoms with Crippen LogP contribution in [-0.4, -0.2) is 30.6 Å². The van der Waals surface area contributed by atoms with Gasteiger partial charge in [0.2, 0.25) is 0 Å². The number of aromatic nitrogens is 1. The largest absolute Gasteiger partial charge is 0.357 e. The van der Waals surface area contributed by atoms with Gasteiger partial charge in [0.1, 0.15) is 5.82 Å². The third-order valence-electron chi connectivity index (χ3n) is 4.41. The maximum atomic E-state index is 6.21. The Hall–Kier alpha value is -2.27.